The lowest BCUT2D eigenvalue weighted by atomic mass is 10.2. The van der Waals surface area contributed by atoms with Gasteiger partial charge in [0.2, 0.25) is 10.0 Å². The van der Waals surface area contributed by atoms with Gasteiger partial charge < -0.3 is 4.74 Å². The Hall–Kier alpha value is -1.93. The molecule has 1 aliphatic rings. The van der Waals surface area contributed by atoms with Gasteiger partial charge in [-0.15, -0.1) is 0 Å². The molecule has 2 aromatic rings. The number of hydrogen-bond donors (Lipinski definition) is 0. The minimum Gasteiger partial charge on any atom is -0.494 e. The van der Waals surface area contributed by atoms with Crippen molar-refractivity contribution in [1.29, 1.82) is 0 Å². The van der Waals surface area contributed by atoms with Crippen LogP contribution in [0.1, 0.15) is 24.9 Å². The van der Waals surface area contributed by atoms with Gasteiger partial charge in [0.1, 0.15) is 5.75 Å². The first kappa shape index (κ1) is 15.9. The van der Waals surface area contributed by atoms with Gasteiger partial charge in [-0.25, -0.2) is 8.42 Å². The zero-order chi connectivity index (χ0) is 16.4. The van der Waals surface area contributed by atoms with Crippen molar-refractivity contribution < 1.29 is 13.2 Å². The second kappa shape index (κ2) is 6.29. The molecule has 0 saturated carbocycles. The van der Waals surface area contributed by atoms with Crippen molar-refractivity contribution >= 4 is 10.0 Å². The summed E-state index contributed by atoms with van der Waals surface area (Å²) in [7, 11) is -3.51. The Balaban J connectivity index is 1.81. The average Bonchev–Trinajstić information content (AvgIpc) is 3.20. The van der Waals surface area contributed by atoms with E-state index in [4.69, 9.17) is 4.74 Å². The molecule has 1 aromatic carbocycles. The van der Waals surface area contributed by atoms with Crippen molar-refractivity contribution in [2.24, 2.45) is 0 Å². The number of ether oxygens (including phenoxy) is 1. The van der Waals surface area contributed by atoms with Crippen LogP contribution in [0.15, 0.2) is 35.5 Å². The Morgan fingerprint density at radius 2 is 2.04 bits per heavy atom. The first-order valence-electron chi connectivity index (χ1n) is 7.61. The van der Waals surface area contributed by atoms with Crippen LogP contribution in [-0.2, 0) is 10.0 Å². The highest BCUT2D eigenvalue weighted by atomic mass is 32.2. The largest absolute Gasteiger partial charge is 0.494 e. The second-order valence-corrected chi connectivity index (χ2v) is 7.45. The van der Waals surface area contributed by atoms with Gasteiger partial charge in [0.25, 0.3) is 0 Å². The molecule has 1 saturated heterocycles. The van der Waals surface area contributed by atoms with E-state index in [1.807, 2.05) is 13.8 Å². The highest BCUT2D eigenvalue weighted by molar-refractivity contribution is 7.89. The fourth-order valence-corrected chi connectivity index (χ4v) is 4.36. The van der Waals surface area contributed by atoms with Gasteiger partial charge in [-0.05, 0) is 44.0 Å². The van der Waals surface area contributed by atoms with E-state index in [0.717, 1.165) is 5.56 Å². The predicted molar refractivity (Wildman–Crippen MR) is 84.8 cm³/mol. The van der Waals surface area contributed by atoms with Crippen molar-refractivity contribution in [2.75, 3.05) is 19.7 Å². The number of aromatic nitrogens is 3. The van der Waals surface area contributed by atoms with Gasteiger partial charge in [0.15, 0.2) is 0 Å². The van der Waals surface area contributed by atoms with Gasteiger partial charge in [-0.2, -0.15) is 19.3 Å². The molecule has 0 bridgehead atoms. The molecule has 0 unspecified atom stereocenters. The maximum absolute atomic E-state index is 12.8. The van der Waals surface area contributed by atoms with E-state index in [-0.39, 0.29) is 6.04 Å². The normalized spacial score (nSPS) is 19.1. The van der Waals surface area contributed by atoms with Crippen LogP contribution in [0.3, 0.4) is 0 Å². The predicted octanol–water partition coefficient (Wildman–Crippen LogP) is 1.62. The van der Waals surface area contributed by atoms with Gasteiger partial charge in [-0.1, -0.05) is 0 Å². The molecule has 0 radical (unpaired) electrons. The molecule has 1 aromatic heterocycles. The molecule has 1 aliphatic heterocycles. The van der Waals surface area contributed by atoms with E-state index in [1.54, 1.807) is 35.4 Å². The van der Waals surface area contributed by atoms with Crippen molar-refractivity contribution in [1.82, 2.24) is 19.3 Å². The third-order valence-electron chi connectivity index (χ3n) is 3.97. The zero-order valence-corrected chi connectivity index (χ0v) is 14.0. The first-order chi connectivity index (χ1) is 11.0. The first-order valence-corrected chi connectivity index (χ1v) is 9.05. The standard InChI is InChI=1S/C15H20N4O3S/c1-3-22-15-5-4-14(10-12(15)2)23(20,21)18-9-6-13(11-18)19-16-7-8-17-19/h4-5,7-8,10,13H,3,6,9,11H2,1-2H3/t13-/m1/s1. The molecule has 7 nitrogen and oxygen atoms in total. The molecule has 0 spiro atoms. The van der Waals surface area contributed by atoms with Crippen molar-refractivity contribution in [3.63, 3.8) is 0 Å². The van der Waals surface area contributed by atoms with Crippen LogP contribution >= 0.6 is 0 Å². The Morgan fingerprint density at radius 1 is 1.30 bits per heavy atom. The van der Waals surface area contributed by atoms with Gasteiger partial charge in [0, 0.05) is 13.1 Å². The number of hydrogen-bond acceptors (Lipinski definition) is 5. The average molecular weight is 336 g/mol. The lowest BCUT2D eigenvalue weighted by Gasteiger charge is -2.17. The summed E-state index contributed by atoms with van der Waals surface area (Å²) >= 11 is 0. The summed E-state index contributed by atoms with van der Waals surface area (Å²) in [5.41, 5.74) is 0.817. The molecular weight excluding hydrogens is 316 g/mol. The molecule has 0 amide bonds. The van der Waals surface area contributed by atoms with Crippen LogP contribution in [0.2, 0.25) is 0 Å². The monoisotopic (exact) mass is 336 g/mol. The quantitative estimate of drug-likeness (QED) is 0.829. The Labute approximate surface area is 135 Å². The number of sulfonamides is 1. The summed E-state index contributed by atoms with van der Waals surface area (Å²) in [6, 6.07) is 4.98. The fourth-order valence-electron chi connectivity index (χ4n) is 2.78. The maximum atomic E-state index is 12.8. The highest BCUT2D eigenvalue weighted by Crippen LogP contribution is 2.28. The van der Waals surface area contributed by atoms with E-state index in [2.05, 4.69) is 10.2 Å². The van der Waals surface area contributed by atoms with Crippen LogP contribution < -0.4 is 4.74 Å². The van der Waals surface area contributed by atoms with E-state index < -0.39 is 10.0 Å². The molecule has 2 heterocycles. The number of nitrogens with zero attached hydrogens (tertiary/aromatic N) is 4. The molecule has 1 atom stereocenters. The van der Waals surface area contributed by atoms with Crippen LogP contribution in [0.4, 0.5) is 0 Å². The summed E-state index contributed by atoms with van der Waals surface area (Å²) < 4.78 is 32.6. The molecular formula is C15H20N4O3S. The Bertz CT molecular complexity index is 774. The summed E-state index contributed by atoms with van der Waals surface area (Å²) in [5, 5.41) is 8.20. The molecule has 1 fully saturated rings. The summed E-state index contributed by atoms with van der Waals surface area (Å²) in [6.45, 7) is 5.17. The highest BCUT2D eigenvalue weighted by Gasteiger charge is 2.34. The van der Waals surface area contributed by atoms with Gasteiger partial charge in [-0.3, -0.25) is 0 Å². The SMILES string of the molecule is CCOc1ccc(S(=O)(=O)N2CC[C@@H](n3nccn3)C2)cc1C. The van der Waals surface area contributed by atoms with Crippen LogP contribution in [-0.4, -0.2) is 47.4 Å². The third-order valence-corrected chi connectivity index (χ3v) is 5.83. The van der Waals surface area contributed by atoms with Gasteiger partial charge >= 0.3 is 0 Å². The molecule has 3 rings (SSSR count). The van der Waals surface area contributed by atoms with Crippen LogP contribution in [0, 0.1) is 6.92 Å². The zero-order valence-electron chi connectivity index (χ0n) is 13.2. The topological polar surface area (TPSA) is 77.3 Å². The minimum absolute atomic E-state index is 0.0106. The van der Waals surface area contributed by atoms with Crippen LogP contribution in [0.5, 0.6) is 5.75 Å². The number of benzene rings is 1. The fraction of sp³-hybridized carbons (Fsp3) is 0.467. The minimum atomic E-state index is -3.51. The van der Waals surface area contributed by atoms with Crippen molar-refractivity contribution in [2.45, 2.75) is 31.2 Å². The van der Waals surface area contributed by atoms with Crippen LogP contribution in [0.25, 0.3) is 0 Å². The number of rotatable bonds is 5. The summed E-state index contributed by atoms with van der Waals surface area (Å²) in [6.07, 6.45) is 3.92. The summed E-state index contributed by atoms with van der Waals surface area (Å²) in [5.74, 6) is 0.714. The van der Waals surface area contributed by atoms with E-state index in [0.29, 0.717) is 36.8 Å². The molecule has 23 heavy (non-hydrogen) atoms. The third kappa shape index (κ3) is 3.09. The molecule has 0 N–H and O–H groups in total. The lowest BCUT2D eigenvalue weighted by molar-refractivity contribution is 0.337. The lowest BCUT2D eigenvalue weighted by Crippen LogP contribution is -2.29. The second-order valence-electron chi connectivity index (χ2n) is 5.52. The molecule has 8 heteroatoms. The Kier molecular flexibility index (Phi) is 4.36. The van der Waals surface area contributed by atoms with Crippen molar-refractivity contribution in [3.05, 3.63) is 36.2 Å². The smallest absolute Gasteiger partial charge is 0.243 e. The Morgan fingerprint density at radius 3 is 2.70 bits per heavy atom. The molecule has 0 aliphatic carbocycles. The van der Waals surface area contributed by atoms with Crippen molar-refractivity contribution in [3.8, 4) is 5.75 Å². The number of aryl methyl sites for hydroxylation is 1. The van der Waals surface area contributed by atoms with Gasteiger partial charge in [0.05, 0.1) is 29.9 Å². The van der Waals surface area contributed by atoms with E-state index in [1.165, 1.54) is 4.31 Å². The van der Waals surface area contributed by atoms with E-state index >= 15 is 0 Å². The van der Waals surface area contributed by atoms with E-state index in [9.17, 15) is 8.42 Å². The molecule has 124 valence electrons. The maximum Gasteiger partial charge on any atom is 0.243 e. The summed E-state index contributed by atoms with van der Waals surface area (Å²) in [4.78, 5) is 1.88.